The Morgan fingerprint density at radius 1 is 0.786 bits per heavy atom. The van der Waals surface area contributed by atoms with Gasteiger partial charge in [-0.15, -0.1) is 29.3 Å². The molecule has 4 aromatic carbocycles. The van der Waals surface area contributed by atoms with Gasteiger partial charge in [-0.2, -0.15) is 11.6 Å². The summed E-state index contributed by atoms with van der Waals surface area (Å²) in [6.45, 7) is 13.2. The molecule has 0 amide bonds. The number of rotatable bonds is 3. The zero-order chi connectivity index (χ0) is 28.7. The van der Waals surface area contributed by atoms with Gasteiger partial charge in [0.05, 0.1) is 0 Å². The summed E-state index contributed by atoms with van der Waals surface area (Å²) in [6.07, 6.45) is 9.97. The Morgan fingerprint density at radius 2 is 1.36 bits per heavy atom. The third kappa shape index (κ3) is 9.60. The third-order valence-electron chi connectivity index (χ3n) is 7.12. The zero-order valence-electron chi connectivity index (χ0n) is 25.6. The van der Waals surface area contributed by atoms with Crippen LogP contribution in [0.4, 0.5) is 0 Å². The molecule has 6 rings (SSSR count). The normalized spacial score (nSPS) is 14.0. The standard InChI is InChI=1S/C25H17.C11H17.C3H6.2ClH.Zr/c1-3-7-18(8-4-1)20-11-13-24-22(15-20)17-23-16-21(12-14-25(23)24)19-9-5-2-6-10-19;1-5-9-6-7-10(8-9)11(2,3)4;1-3-2;;;/h1-15H,17H2;7-9H,5H2,1-4H3;1-2H3;2*1H;/q2*-1;;;;+2/p-2. The fraction of sp³-hybridized carbons (Fsp3) is 0.256. The van der Waals surface area contributed by atoms with E-state index in [1.54, 1.807) is 24.2 Å². The molecular formula is C39H40Cl2Zr-2. The fourth-order valence-corrected chi connectivity index (χ4v) is 4.93. The molecule has 0 N–H and O–H groups in total. The van der Waals surface area contributed by atoms with Gasteiger partial charge in [0, 0.05) is 0 Å². The second kappa shape index (κ2) is 16.5. The first kappa shape index (κ1) is 35.9. The van der Waals surface area contributed by atoms with Crippen LogP contribution in [-0.2, 0) is 30.7 Å². The van der Waals surface area contributed by atoms with Crippen molar-refractivity contribution in [2.75, 3.05) is 0 Å². The molecule has 1 atom stereocenters. The molecular weight excluding hydrogens is 631 g/mol. The van der Waals surface area contributed by atoms with Crippen LogP contribution in [0.3, 0.4) is 0 Å². The van der Waals surface area contributed by atoms with Crippen molar-refractivity contribution >= 4 is 3.21 Å². The van der Waals surface area contributed by atoms with Crippen molar-refractivity contribution in [1.29, 1.82) is 0 Å². The molecule has 0 aliphatic heterocycles. The quantitative estimate of drug-likeness (QED) is 0.248. The van der Waals surface area contributed by atoms with Crippen LogP contribution in [-0.4, -0.2) is 3.21 Å². The van der Waals surface area contributed by atoms with Crippen LogP contribution in [0.5, 0.6) is 0 Å². The molecule has 2 aliphatic carbocycles. The minimum Gasteiger partial charge on any atom is -1.00 e. The van der Waals surface area contributed by atoms with Gasteiger partial charge in [-0.05, 0) is 23.1 Å². The van der Waals surface area contributed by atoms with Gasteiger partial charge in [0.25, 0.3) is 0 Å². The van der Waals surface area contributed by atoms with Crippen molar-refractivity contribution in [3.8, 4) is 33.4 Å². The topological polar surface area (TPSA) is 0 Å². The molecule has 3 heteroatoms. The van der Waals surface area contributed by atoms with Gasteiger partial charge in [-0.25, -0.2) is 6.08 Å². The van der Waals surface area contributed by atoms with E-state index in [-0.39, 0.29) is 24.8 Å². The van der Waals surface area contributed by atoms with E-state index in [4.69, 9.17) is 0 Å². The van der Waals surface area contributed by atoms with Gasteiger partial charge in [0.1, 0.15) is 0 Å². The SMILES string of the molecule is CCC1[C-]=CC(C(C)(C)C)=C1.C[C](C)=[Zr+2].[Cl-].[Cl-].[c-]1c(-c2ccccc2)ccc2c1Cc1cc(-c3ccccc3)ccc1-2. The van der Waals surface area contributed by atoms with Gasteiger partial charge in [0.15, 0.2) is 0 Å². The molecule has 1 unspecified atom stereocenters. The number of allylic oxidation sites excluding steroid dienone is 4. The molecule has 2 aliphatic rings. The van der Waals surface area contributed by atoms with Crippen molar-refractivity contribution in [3.63, 3.8) is 0 Å². The number of hydrogen-bond acceptors (Lipinski definition) is 0. The Morgan fingerprint density at radius 3 is 1.88 bits per heavy atom. The zero-order valence-corrected chi connectivity index (χ0v) is 29.5. The van der Waals surface area contributed by atoms with E-state index in [0.717, 1.165) is 6.42 Å². The predicted octanol–water partition coefficient (Wildman–Crippen LogP) is 4.50. The van der Waals surface area contributed by atoms with E-state index in [0.29, 0.717) is 11.3 Å². The van der Waals surface area contributed by atoms with Crippen molar-refractivity contribution in [3.05, 3.63) is 132 Å². The molecule has 0 fully saturated rings. The van der Waals surface area contributed by atoms with E-state index in [9.17, 15) is 0 Å². The minimum absolute atomic E-state index is 0. The van der Waals surface area contributed by atoms with E-state index in [2.05, 4.69) is 157 Å². The van der Waals surface area contributed by atoms with Crippen LogP contribution >= 0.6 is 0 Å². The number of hydrogen-bond donors (Lipinski definition) is 0. The van der Waals surface area contributed by atoms with Gasteiger partial charge in [-0.1, -0.05) is 141 Å². The summed E-state index contributed by atoms with van der Waals surface area (Å²) < 4.78 is 1.51. The van der Waals surface area contributed by atoms with E-state index >= 15 is 0 Å². The Hall–Kier alpha value is -2.31. The van der Waals surface area contributed by atoms with Crippen LogP contribution in [0.25, 0.3) is 33.4 Å². The van der Waals surface area contributed by atoms with Crippen molar-refractivity contribution in [2.45, 2.75) is 54.4 Å². The Kier molecular flexibility index (Phi) is 14.1. The van der Waals surface area contributed by atoms with Gasteiger partial charge >= 0.3 is 41.3 Å². The Bertz CT molecular complexity index is 1420. The molecule has 4 aromatic rings. The average Bonchev–Trinajstić information content (AvgIpc) is 3.58. The maximum Gasteiger partial charge on any atom is -0.0181 e. The van der Waals surface area contributed by atoms with Gasteiger partial charge in [0.2, 0.25) is 0 Å². The summed E-state index contributed by atoms with van der Waals surface area (Å²) in [5.74, 6) is 0.573. The van der Waals surface area contributed by atoms with Gasteiger partial charge in [-0.3, -0.25) is 6.08 Å². The molecule has 0 nitrogen and oxygen atoms in total. The van der Waals surface area contributed by atoms with E-state index in [1.165, 1.54) is 59.7 Å². The second-order valence-corrected chi connectivity index (χ2v) is 14.2. The van der Waals surface area contributed by atoms with Crippen LogP contribution in [0, 0.1) is 23.5 Å². The second-order valence-electron chi connectivity index (χ2n) is 11.7. The summed E-state index contributed by atoms with van der Waals surface area (Å²) in [6, 6.07) is 36.0. The molecule has 0 radical (unpaired) electrons. The first-order valence-corrected chi connectivity index (χ1v) is 15.5. The summed E-state index contributed by atoms with van der Waals surface area (Å²) >= 11 is 1.55. The monoisotopic (exact) mass is 668 g/mol. The molecule has 0 aromatic heterocycles. The summed E-state index contributed by atoms with van der Waals surface area (Å²) in [5.41, 5.74) is 12.1. The maximum atomic E-state index is 3.65. The maximum absolute atomic E-state index is 3.65. The first-order chi connectivity index (χ1) is 19.2. The van der Waals surface area contributed by atoms with Crippen LogP contribution in [0.15, 0.2) is 109 Å². The number of benzene rings is 4. The minimum atomic E-state index is 0. The molecule has 0 saturated carbocycles. The first-order valence-electron chi connectivity index (χ1n) is 14.3. The fourth-order valence-electron chi connectivity index (χ4n) is 4.93. The van der Waals surface area contributed by atoms with E-state index in [1.807, 2.05) is 0 Å². The van der Waals surface area contributed by atoms with Crippen molar-refractivity contribution < 1.29 is 49.0 Å². The smallest absolute Gasteiger partial charge is 0.0181 e. The van der Waals surface area contributed by atoms with Crippen LogP contribution < -0.4 is 24.8 Å². The summed E-state index contributed by atoms with van der Waals surface area (Å²) in [4.78, 5) is 0. The number of fused-ring (bicyclic) bond motifs is 3. The van der Waals surface area contributed by atoms with Gasteiger partial charge < -0.3 is 24.8 Å². The molecule has 216 valence electrons. The predicted molar refractivity (Wildman–Crippen MR) is 170 cm³/mol. The molecule has 0 heterocycles. The van der Waals surface area contributed by atoms with Crippen molar-refractivity contribution in [1.82, 2.24) is 0 Å². The largest absolute Gasteiger partial charge is 1.00 e. The van der Waals surface area contributed by atoms with E-state index < -0.39 is 0 Å². The summed E-state index contributed by atoms with van der Waals surface area (Å²) in [7, 11) is 0. The Balaban J connectivity index is 0.000000307. The summed E-state index contributed by atoms with van der Waals surface area (Å²) in [5, 5.41) is 0. The van der Waals surface area contributed by atoms with Crippen LogP contribution in [0.1, 0.15) is 59.1 Å². The molecule has 0 bridgehead atoms. The molecule has 0 saturated heterocycles. The average molecular weight is 671 g/mol. The Labute approximate surface area is 281 Å². The molecule has 42 heavy (non-hydrogen) atoms. The molecule has 0 spiro atoms. The van der Waals surface area contributed by atoms with Crippen molar-refractivity contribution in [2.24, 2.45) is 11.3 Å². The van der Waals surface area contributed by atoms with Crippen LogP contribution in [0.2, 0.25) is 0 Å². The number of halogens is 2. The third-order valence-corrected chi connectivity index (χ3v) is 7.12.